The van der Waals surface area contributed by atoms with Gasteiger partial charge in [0, 0.05) is 23.0 Å². The molecule has 0 spiro atoms. The first-order valence-electron chi connectivity index (χ1n) is 8.64. The van der Waals surface area contributed by atoms with Gasteiger partial charge in [-0.05, 0) is 37.1 Å². The molecule has 0 bridgehead atoms. The molecule has 2 aromatic rings. The minimum Gasteiger partial charge on any atom is -0.497 e. The molecule has 0 unspecified atom stereocenters. The first-order chi connectivity index (χ1) is 12.2. The van der Waals surface area contributed by atoms with Gasteiger partial charge in [-0.25, -0.2) is 0 Å². The third-order valence-corrected chi connectivity index (χ3v) is 5.31. The maximum absolute atomic E-state index is 12.0. The Morgan fingerprint density at radius 1 is 1.24 bits per heavy atom. The number of nitrogens with one attached hydrogen (secondary N) is 1. The van der Waals surface area contributed by atoms with Gasteiger partial charge < -0.3 is 9.15 Å². The lowest BCUT2D eigenvalue weighted by Gasteiger charge is -2.17. The van der Waals surface area contributed by atoms with Crippen molar-refractivity contribution in [3.8, 4) is 5.75 Å². The fourth-order valence-electron chi connectivity index (χ4n) is 2.91. The number of amides is 1. The Labute approximate surface area is 151 Å². The van der Waals surface area contributed by atoms with E-state index in [2.05, 4.69) is 15.5 Å². The highest BCUT2D eigenvalue weighted by molar-refractivity contribution is 7.99. The Morgan fingerprint density at radius 2 is 2.00 bits per heavy atom. The molecule has 1 heterocycles. The minimum absolute atomic E-state index is 0.111. The van der Waals surface area contributed by atoms with E-state index in [-0.39, 0.29) is 11.9 Å². The van der Waals surface area contributed by atoms with Crippen LogP contribution >= 0.6 is 11.8 Å². The molecule has 1 saturated carbocycles. The zero-order chi connectivity index (χ0) is 17.5. The standard InChI is InChI=1S/C18H23N3O3S/c1-23-14-7-9-15(10-8-14)25-12-11-16(22)19-18-21-20-17(24-18)13-5-3-2-4-6-13/h7-10,13H,2-6,11-12H2,1H3,(H,19,21,22). The topological polar surface area (TPSA) is 77.2 Å². The van der Waals surface area contributed by atoms with Crippen molar-refractivity contribution in [2.24, 2.45) is 0 Å². The molecule has 0 atom stereocenters. The Bertz CT molecular complexity index is 681. The summed E-state index contributed by atoms with van der Waals surface area (Å²) in [5.41, 5.74) is 0. The van der Waals surface area contributed by atoms with E-state index in [1.807, 2.05) is 24.3 Å². The number of hydrogen-bond donors (Lipinski definition) is 1. The van der Waals surface area contributed by atoms with E-state index in [9.17, 15) is 4.79 Å². The second-order valence-corrected chi connectivity index (χ2v) is 7.27. The monoisotopic (exact) mass is 361 g/mol. The fraction of sp³-hybridized carbons (Fsp3) is 0.500. The van der Waals surface area contributed by atoms with Gasteiger partial charge in [0.15, 0.2) is 0 Å². The normalized spacial score (nSPS) is 15.1. The SMILES string of the molecule is COc1ccc(SCCC(=O)Nc2nnc(C3CCCCC3)o2)cc1. The maximum atomic E-state index is 12.0. The second kappa shape index (κ2) is 8.89. The molecular formula is C18H23N3O3S. The average Bonchev–Trinajstić information content (AvgIpc) is 3.11. The molecule has 1 aliphatic carbocycles. The molecule has 134 valence electrons. The van der Waals surface area contributed by atoms with Crippen LogP contribution in [0.5, 0.6) is 5.75 Å². The smallest absolute Gasteiger partial charge is 0.322 e. The van der Waals surface area contributed by atoms with Crippen molar-refractivity contribution in [2.75, 3.05) is 18.2 Å². The average molecular weight is 361 g/mol. The van der Waals surface area contributed by atoms with Gasteiger partial charge in [0.1, 0.15) is 5.75 Å². The van der Waals surface area contributed by atoms with Gasteiger partial charge in [-0.3, -0.25) is 10.1 Å². The molecular weight excluding hydrogens is 338 g/mol. The summed E-state index contributed by atoms with van der Waals surface area (Å²) in [7, 11) is 1.64. The van der Waals surface area contributed by atoms with Crippen LogP contribution in [0.25, 0.3) is 0 Å². The van der Waals surface area contributed by atoms with Crippen LogP contribution in [-0.4, -0.2) is 29.0 Å². The Hall–Kier alpha value is -2.02. The summed E-state index contributed by atoms with van der Waals surface area (Å²) in [6.07, 6.45) is 6.26. The van der Waals surface area contributed by atoms with Crippen LogP contribution in [0.4, 0.5) is 6.01 Å². The molecule has 1 N–H and O–H groups in total. The minimum atomic E-state index is -0.111. The van der Waals surface area contributed by atoms with Gasteiger partial charge in [-0.1, -0.05) is 24.4 Å². The number of anilines is 1. The molecule has 3 rings (SSSR count). The quantitative estimate of drug-likeness (QED) is 0.743. The molecule has 0 radical (unpaired) electrons. The Morgan fingerprint density at radius 3 is 2.72 bits per heavy atom. The van der Waals surface area contributed by atoms with Gasteiger partial charge in [-0.2, -0.15) is 0 Å². The maximum Gasteiger partial charge on any atom is 0.322 e. The van der Waals surface area contributed by atoms with Gasteiger partial charge in [0.2, 0.25) is 11.8 Å². The van der Waals surface area contributed by atoms with E-state index in [4.69, 9.17) is 9.15 Å². The molecule has 1 aromatic carbocycles. The van der Waals surface area contributed by atoms with Gasteiger partial charge in [0.05, 0.1) is 7.11 Å². The van der Waals surface area contributed by atoms with Crippen molar-refractivity contribution in [1.29, 1.82) is 0 Å². The number of hydrogen-bond acceptors (Lipinski definition) is 6. The van der Waals surface area contributed by atoms with E-state index in [0.717, 1.165) is 23.5 Å². The number of methoxy groups -OCH3 is 1. The van der Waals surface area contributed by atoms with E-state index >= 15 is 0 Å². The predicted molar refractivity (Wildman–Crippen MR) is 97.1 cm³/mol. The molecule has 1 amide bonds. The third kappa shape index (κ3) is 5.22. The number of rotatable bonds is 7. The van der Waals surface area contributed by atoms with E-state index in [1.54, 1.807) is 18.9 Å². The summed E-state index contributed by atoms with van der Waals surface area (Å²) in [5.74, 6) is 2.40. The fourth-order valence-corrected chi connectivity index (χ4v) is 3.77. The summed E-state index contributed by atoms with van der Waals surface area (Å²) >= 11 is 1.62. The summed E-state index contributed by atoms with van der Waals surface area (Å²) in [6.45, 7) is 0. The second-order valence-electron chi connectivity index (χ2n) is 6.10. The molecule has 6 nitrogen and oxygen atoms in total. The Kier molecular flexibility index (Phi) is 6.33. The van der Waals surface area contributed by atoms with Crippen molar-refractivity contribution >= 4 is 23.7 Å². The van der Waals surface area contributed by atoms with Gasteiger partial charge in [0.25, 0.3) is 0 Å². The molecule has 1 aromatic heterocycles. The molecule has 7 heteroatoms. The predicted octanol–water partition coefficient (Wildman–Crippen LogP) is 4.25. The highest BCUT2D eigenvalue weighted by Crippen LogP contribution is 2.32. The van der Waals surface area contributed by atoms with Crippen molar-refractivity contribution in [1.82, 2.24) is 10.2 Å². The van der Waals surface area contributed by atoms with Crippen LogP contribution in [0, 0.1) is 0 Å². The molecule has 0 saturated heterocycles. The summed E-state index contributed by atoms with van der Waals surface area (Å²) in [6, 6.07) is 7.99. The lowest BCUT2D eigenvalue weighted by atomic mass is 9.89. The summed E-state index contributed by atoms with van der Waals surface area (Å²) in [4.78, 5) is 13.1. The van der Waals surface area contributed by atoms with Gasteiger partial charge >= 0.3 is 6.01 Å². The lowest BCUT2D eigenvalue weighted by Crippen LogP contribution is -2.12. The zero-order valence-electron chi connectivity index (χ0n) is 14.4. The molecule has 0 aliphatic heterocycles. The lowest BCUT2D eigenvalue weighted by molar-refractivity contribution is -0.115. The summed E-state index contributed by atoms with van der Waals surface area (Å²) in [5, 5.41) is 10.7. The first-order valence-corrected chi connectivity index (χ1v) is 9.63. The molecule has 25 heavy (non-hydrogen) atoms. The van der Waals surface area contributed by atoms with Crippen molar-refractivity contribution in [3.63, 3.8) is 0 Å². The van der Waals surface area contributed by atoms with E-state index < -0.39 is 0 Å². The number of nitrogens with zero attached hydrogens (tertiary/aromatic N) is 2. The first kappa shape index (κ1) is 17.8. The Balaban J connectivity index is 1.42. The van der Waals surface area contributed by atoms with E-state index in [1.165, 1.54) is 19.3 Å². The number of aromatic nitrogens is 2. The van der Waals surface area contributed by atoms with Crippen molar-refractivity contribution < 1.29 is 13.9 Å². The largest absolute Gasteiger partial charge is 0.497 e. The van der Waals surface area contributed by atoms with Crippen LogP contribution in [0.3, 0.4) is 0 Å². The highest BCUT2D eigenvalue weighted by Gasteiger charge is 2.21. The van der Waals surface area contributed by atoms with Crippen LogP contribution in [-0.2, 0) is 4.79 Å². The number of carbonyl (C=O) groups is 1. The van der Waals surface area contributed by atoms with Gasteiger partial charge in [-0.15, -0.1) is 16.9 Å². The molecule has 1 aliphatic rings. The zero-order valence-corrected chi connectivity index (χ0v) is 15.2. The number of benzene rings is 1. The molecule has 1 fully saturated rings. The van der Waals surface area contributed by atoms with Crippen LogP contribution in [0.1, 0.15) is 50.3 Å². The number of ether oxygens (including phenoxy) is 1. The van der Waals surface area contributed by atoms with Crippen molar-refractivity contribution in [2.45, 2.75) is 49.3 Å². The summed E-state index contributed by atoms with van der Waals surface area (Å²) < 4.78 is 10.7. The number of thioether (sulfide) groups is 1. The third-order valence-electron chi connectivity index (χ3n) is 4.30. The highest BCUT2D eigenvalue weighted by atomic mass is 32.2. The number of carbonyl (C=O) groups excluding carboxylic acids is 1. The van der Waals surface area contributed by atoms with Crippen molar-refractivity contribution in [3.05, 3.63) is 30.2 Å². The van der Waals surface area contributed by atoms with Crippen LogP contribution < -0.4 is 10.1 Å². The van der Waals surface area contributed by atoms with Crippen LogP contribution in [0.15, 0.2) is 33.6 Å². The van der Waals surface area contributed by atoms with E-state index in [0.29, 0.717) is 24.0 Å². The van der Waals surface area contributed by atoms with Crippen LogP contribution in [0.2, 0.25) is 0 Å².